The Kier molecular flexibility index (Phi) is 2.27. The molecule has 0 aromatic heterocycles. The van der Waals surface area contributed by atoms with Crippen LogP contribution in [0.1, 0.15) is 26.3 Å². The van der Waals surface area contributed by atoms with Crippen molar-refractivity contribution >= 4 is 5.69 Å². The van der Waals surface area contributed by atoms with Crippen LogP contribution in [-0.4, -0.2) is 26.2 Å². The minimum absolute atomic E-state index is 0.257. The van der Waals surface area contributed by atoms with Gasteiger partial charge in [0.25, 0.3) is 0 Å². The normalized spacial score (nSPS) is 22.2. The van der Waals surface area contributed by atoms with Crippen LogP contribution >= 0.6 is 0 Å². The van der Waals surface area contributed by atoms with Crippen molar-refractivity contribution in [2.75, 3.05) is 31.1 Å². The number of hydrogen-bond acceptors (Lipinski definition) is 2. The summed E-state index contributed by atoms with van der Waals surface area (Å²) in [7, 11) is 0. The molecule has 1 aromatic carbocycles. The topological polar surface area (TPSA) is 15.3 Å². The average Bonchev–Trinajstić information content (AvgIpc) is 2.12. The zero-order valence-corrected chi connectivity index (χ0v) is 11.1. The van der Waals surface area contributed by atoms with E-state index < -0.39 is 0 Å². The molecule has 2 saturated heterocycles. The van der Waals surface area contributed by atoms with Crippen molar-refractivity contribution in [3.8, 4) is 0 Å². The predicted molar refractivity (Wildman–Crippen MR) is 72.7 cm³/mol. The summed E-state index contributed by atoms with van der Waals surface area (Å²) >= 11 is 0. The van der Waals surface area contributed by atoms with E-state index in [-0.39, 0.29) is 5.41 Å². The van der Waals surface area contributed by atoms with Crippen molar-refractivity contribution in [1.29, 1.82) is 0 Å². The van der Waals surface area contributed by atoms with Crippen LogP contribution in [0.15, 0.2) is 24.3 Å². The van der Waals surface area contributed by atoms with E-state index in [1.165, 1.54) is 37.4 Å². The molecule has 0 radical (unpaired) electrons. The highest BCUT2D eigenvalue weighted by molar-refractivity contribution is 5.52. The monoisotopic (exact) mass is 230 g/mol. The Hall–Kier alpha value is -1.02. The van der Waals surface area contributed by atoms with Crippen molar-refractivity contribution in [2.24, 2.45) is 5.41 Å². The van der Waals surface area contributed by atoms with Gasteiger partial charge < -0.3 is 10.2 Å². The van der Waals surface area contributed by atoms with Gasteiger partial charge in [0.15, 0.2) is 0 Å². The molecule has 17 heavy (non-hydrogen) atoms. The maximum absolute atomic E-state index is 3.38. The lowest BCUT2D eigenvalue weighted by atomic mass is 9.74. The van der Waals surface area contributed by atoms with Gasteiger partial charge >= 0.3 is 0 Å². The summed E-state index contributed by atoms with van der Waals surface area (Å²) < 4.78 is 0. The van der Waals surface area contributed by atoms with E-state index in [1.54, 1.807) is 0 Å². The fourth-order valence-electron chi connectivity index (χ4n) is 2.82. The fourth-order valence-corrected chi connectivity index (χ4v) is 2.82. The van der Waals surface area contributed by atoms with Crippen LogP contribution in [0.2, 0.25) is 0 Å². The molecule has 2 aliphatic rings. The molecule has 0 saturated carbocycles. The lowest BCUT2D eigenvalue weighted by Gasteiger charge is -2.57. The van der Waals surface area contributed by atoms with Gasteiger partial charge in [-0.25, -0.2) is 0 Å². The molecule has 1 N–H and O–H groups in total. The second kappa shape index (κ2) is 3.49. The standard InChI is InChI=1S/C15H22N2/c1-14(2,3)12-4-6-13(7-5-12)17-10-15(11-17)8-16-9-15/h4-7,16H,8-11H2,1-3H3. The third-order valence-electron chi connectivity index (χ3n) is 4.15. The van der Waals surface area contributed by atoms with Crippen molar-refractivity contribution < 1.29 is 0 Å². The van der Waals surface area contributed by atoms with Crippen LogP contribution in [0.5, 0.6) is 0 Å². The van der Waals surface area contributed by atoms with Gasteiger partial charge in [0.05, 0.1) is 0 Å². The maximum Gasteiger partial charge on any atom is 0.0366 e. The van der Waals surface area contributed by atoms with Crippen LogP contribution in [0.4, 0.5) is 5.69 Å². The molecule has 0 unspecified atom stereocenters. The Bertz CT molecular complexity index is 402. The maximum atomic E-state index is 3.38. The van der Waals surface area contributed by atoms with E-state index in [0.29, 0.717) is 5.41 Å². The Morgan fingerprint density at radius 1 is 1.06 bits per heavy atom. The first kappa shape index (κ1) is 11.1. The van der Waals surface area contributed by atoms with Gasteiger partial charge in [0, 0.05) is 37.3 Å². The van der Waals surface area contributed by atoms with E-state index in [4.69, 9.17) is 0 Å². The number of anilines is 1. The molecule has 2 aliphatic heterocycles. The fraction of sp³-hybridized carbons (Fsp3) is 0.600. The van der Waals surface area contributed by atoms with Gasteiger partial charge in [-0.3, -0.25) is 0 Å². The summed E-state index contributed by atoms with van der Waals surface area (Å²) in [6, 6.07) is 9.11. The minimum Gasteiger partial charge on any atom is -0.370 e. The van der Waals surface area contributed by atoms with Gasteiger partial charge in [0.2, 0.25) is 0 Å². The van der Waals surface area contributed by atoms with Crippen molar-refractivity contribution in [3.05, 3.63) is 29.8 Å². The first-order chi connectivity index (χ1) is 7.99. The lowest BCUT2D eigenvalue weighted by molar-refractivity contribution is 0.121. The Balaban J connectivity index is 1.69. The van der Waals surface area contributed by atoms with Crippen molar-refractivity contribution in [1.82, 2.24) is 5.32 Å². The molecule has 0 amide bonds. The zero-order chi connectivity index (χ0) is 12.1. The molecule has 2 nitrogen and oxygen atoms in total. The number of nitrogens with zero attached hydrogens (tertiary/aromatic N) is 1. The molecule has 2 heteroatoms. The SMILES string of the molecule is CC(C)(C)c1ccc(N2CC3(CNC3)C2)cc1. The van der Waals surface area contributed by atoms with Gasteiger partial charge in [0.1, 0.15) is 0 Å². The lowest BCUT2D eigenvalue weighted by Crippen LogP contribution is -2.71. The summed E-state index contributed by atoms with van der Waals surface area (Å²) in [5, 5.41) is 3.38. The van der Waals surface area contributed by atoms with Gasteiger partial charge in [-0.15, -0.1) is 0 Å². The highest BCUT2D eigenvalue weighted by Crippen LogP contribution is 2.37. The van der Waals surface area contributed by atoms with E-state index in [0.717, 1.165) is 0 Å². The molecule has 2 heterocycles. The van der Waals surface area contributed by atoms with Gasteiger partial charge in [-0.2, -0.15) is 0 Å². The van der Waals surface area contributed by atoms with Gasteiger partial charge in [-0.1, -0.05) is 32.9 Å². The molecule has 1 spiro atoms. The van der Waals surface area contributed by atoms with Crippen molar-refractivity contribution in [2.45, 2.75) is 26.2 Å². The molecule has 3 rings (SSSR count). The van der Waals surface area contributed by atoms with Gasteiger partial charge in [-0.05, 0) is 23.1 Å². The third kappa shape index (κ3) is 1.85. The number of hydrogen-bond donors (Lipinski definition) is 1. The van der Waals surface area contributed by atoms with Crippen LogP contribution < -0.4 is 10.2 Å². The summed E-state index contributed by atoms with van der Waals surface area (Å²) in [6.07, 6.45) is 0. The van der Waals surface area contributed by atoms with Crippen LogP contribution in [-0.2, 0) is 5.41 Å². The van der Waals surface area contributed by atoms with Crippen LogP contribution in [0, 0.1) is 5.41 Å². The van der Waals surface area contributed by atoms with E-state index in [9.17, 15) is 0 Å². The molecule has 1 aromatic rings. The molecule has 92 valence electrons. The Morgan fingerprint density at radius 2 is 1.65 bits per heavy atom. The molecule has 0 atom stereocenters. The number of rotatable bonds is 1. The highest BCUT2D eigenvalue weighted by Gasteiger charge is 2.47. The van der Waals surface area contributed by atoms with Crippen LogP contribution in [0.3, 0.4) is 0 Å². The largest absolute Gasteiger partial charge is 0.370 e. The second-order valence-corrected chi connectivity index (χ2v) is 6.76. The zero-order valence-electron chi connectivity index (χ0n) is 11.1. The summed E-state index contributed by atoms with van der Waals surface area (Å²) in [5.74, 6) is 0. The average molecular weight is 230 g/mol. The summed E-state index contributed by atoms with van der Waals surface area (Å²) in [5.41, 5.74) is 3.67. The number of benzene rings is 1. The molecule has 0 aliphatic carbocycles. The van der Waals surface area contributed by atoms with E-state index in [2.05, 4.69) is 55.3 Å². The molecule has 2 fully saturated rings. The highest BCUT2D eigenvalue weighted by atomic mass is 15.3. The first-order valence-corrected chi connectivity index (χ1v) is 6.55. The first-order valence-electron chi connectivity index (χ1n) is 6.55. The Labute approximate surface area is 104 Å². The summed E-state index contributed by atoms with van der Waals surface area (Å²) in [4.78, 5) is 2.49. The number of nitrogens with one attached hydrogen (secondary N) is 1. The summed E-state index contributed by atoms with van der Waals surface area (Å²) in [6.45, 7) is 11.7. The third-order valence-corrected chi connectivity index (χ3v) is 4.15. The minimum atomic E-state index is 0.257. The smallest absolute Gasteiger partial charge is 0.0366 e. The molecular formula is C15H22N2. The second-order valence-electron chi connectivity index (χ2n) is 6.76. The quantitative estimate of drug-likeness (QED) is 0.797. The van der Waals surface area contributed by atoms with E-state index in [1.807, 2.05) is 0 Å². The predicted octanol–water partition coefficient (Wildman–Crippen LogP) is 2.39. The Morgan fingerprint density at radius 3 is 2.06 bits per heavy atom. The van der Waals surface area contributed by atoms with Crippen LogP contribution in [0.25, 0.3) is 0 Å². The van der Waals surface area contributed by atoms with E-state index >= 15 is 0 Å². The molecule has 0 bridgehead atoms. The van der Waals surface area contributed by atoms with Crippen molar-refractivity contribution in [3.63, 3.8) is 0 Å². The molecular weight excluding hydrogens is 208 g/mol.